The van der Waals surface area contributed by atoms with Crippen molar-refractivity contribution >= 4 is 21.4 Å². The maximum absolute atomic E-state index is 11.8. The zero-order chi connectivity index (χ0) is 17.5. The number of aromatic nitrogens is 3. The lowest BCUT2D eigenvalue weighted by Crippen LogP contribution is -2.38. The fourth-order valence-electron chi connectivity index (χ4n) is 2.98. The van der Waals surface area contributed by atoms with Gasteiger partial charge in [-0.2, -0.15) is 0 Å². The number of hydrogen-bond acceptors (Lipinski definition) is 6. The molecule has 3 heterocycles. The van der Waals surface area contributed by atoms with Gasteiger partial charge in [0, 0.05) is 29.6 Å². The average Bonchev–Trinajstić information content (AvgIpc) is 2.85. The van der Waals surface area contributed by atoms with E-state index in [-0.39, 0.29) is 5.92 Å². The zero-order valence-corrected chi connectivity index (χ0v) is 16.0. The van der Waals surface area contributed by atoms with Crippen molar-refractivity contribution < 1.29 is 8.42 Å². The van der Waals surface area contributed by atoms with Crippen LogP contribution < -0.4 is 0 Å². The summed E-state index contributed by atoms with van der Waals surface area (Å²) in [5, 5.41) is 0.896. The Morgan fingerprint density at radius 1 is 1.21 bits per heavy atom. The smallest absolute Gasteiger partial charge is 0.211 e. The van der Waals surface area contributed by atoms with E-state index in [1.54, 1.807) is 15.6 Å². The van der Waals surface area contributed by atoms with E-state index in [2.05, 4.69) is 21.9 Å². The van der Waals surface area contributed by atoms with Crippen LogP contribution in [0.3, 0.4) is 0 Å². The Labute approximate surface area is 147 Å². The molecule has 130 valence electrons. The molecule has 0 aliphatic carbocycles. The Morgan fingerprint density at radius 3 is 2.58 bits per heavy atom. The molecule has 1 aliphatic rings. The van der Waals surface area contributed by atoms with Gasteiger partial charge in [-0.25, -0.2) is 27.7 Å². The van der Waals surface area contributed by atoms with E-state index in [1.807, 2.05) is 19.9 Å². The van der Waals surface area contributed by atoms with Gasteiger partial charge in [-0.05, 0) is 39.7 Å². The van der Waals surface area contributed by atoms with Crippen molar-refractivity contribution in [2.75, 3.05) is 19.3 Å². The number of aryl methyl sites for hydroxylation is 3. The summed E-state index contributed by atoms with van der Waals surface area (Å²) in [6.45, 7) is 7.01. The standard InChI is InChI=1S/C16H22N4O2S2/c1-10-11(2)23-16(17-10)15-8-14(18-12(3)19-15)13-6-5-7-20(9-13)24(4,21)22/h8,13H,5-7,9H2,1-4H3/t13-/m0/s1. The second-order valence-electron chi connectivity index (χ2n) is 6.35. The minimum Gasteiger partial charge on any atom is -0.239 e. The number of nitrogens with zero attached hydrogens (tertiary/aromatic N) is 4. The van der Waals surface area contributed by atoms with E-state index in [4.69, 9.17) is 0 Å². The highest BCUT2D eigenvalue weighted by atomic mass is 32.2. The van der Waals surface area contributed by atoms with Crippen LogP contribution in [-0.4, -0.2) is 47.0 Å². The molecule has 0 spiro atoms. The molecule has 1 aliphatic heterocycles. The van der Waals surface area contributed by atoms with Crippen molar-refractivity contribution in [1.82, 2.24) is 19.3 Å². The molecule has 0 saturated carbocycles. The summed E-state index contributed by atoms with van der Waals surface area (Å²) in [7, 11) is -3.16. The molecule has 0 amide bonds. The minimum absolute atomic E-state index is 0.107. The Kier molecular flexibility index (Phi) is 4.72. The third kappa shape index (κ3) is 3.65. The molecular formula is C16H22N4O2S2. The van der Waals surface area contributed by atoms with Gasteiger partial charge in [0.1, 0.15) is 16.5 Å². The number of hydrogen-bond donors (Lipinski definition) is 0. The van der Waals surface area contributed by atoms with Gasteiger partial charge >= 0.3 is 0 Å². The van der Waals surface area contributed by atoms with Crippen molar-refractivity contribution in [3.05, 3.63) is 28.2 Å². The molecule has 8 heteroatoms. The minimum atomic E-state index is -3.16. The van der Waals surface area contributed by atoms with E-state index in [9.17, 15) is 8.42 Å². The fraction of sp³-hybridized carbons (Fsp3) is 0.562. The Hall–Kier alpha value is -1.38. The molecule has 2 aromatic heterocycles. The maximum atomic E-state index is 11.8. The summed E-state index contributed by atoms with van der Waals surface area (Å²) in [6.07, 6.45) is 3.07. The molecule has 0 N–H and O–H groups in total. The fourth-order valence-corrected chi connectivity index (χ4v) is 4.76. The summed E-state index contributed by atoms with van der Waals surface area (Å²) in [4.78, 5) is 14.9. The Bertz CT molecular complexity index is 841. The van der Waals surface area contributed by atoms with Crippen molar-refractivity contribution in [2.24, 2.45) is 0 Å². The highest BCUT2D eigenvalue weighted by Crippen LogP contribution is 2.31. The average molecular weight is 367 g/mol. The molecule has 0 radical (unpaired) electrons. The summed E-state index contributed by atoms with van der Waals surface area (Å²) >= 11 is 1.63. The number of rotatable bonds is 3. The first-order valence-electron chi connectivity index (χ1n) is 7.99. The molecule has 0 unspecified atom stereocenters. The van der Waals surface area contributed by atoms with E-state index in [1.165, 1.54) is 11.1 Å². The summed E-state index contributed by atoms with van der Waals surface area (Å²) in [5.74, 6) is 0.806. The lowest BCUT2D eigenvalue weighted by atomic mass is 9.95. The molecule has 1 fully saturated rings. The van der Waals surface area contributed by atoms with E-state index in [0.29, 0.717) is 18.9 Å². The summed E-state index contributed by atoms with van der Waals surface area (Å²) in [6, 6.07) is 1.97. The van der Waals surface area contributed by atoms with Crippen LogP contribution >= 0.6 is 11.3 Å². The quantitative estimate of drug-likeness (QED) is 0.835. The van der Waals surface area contributed by atoms with Crippen molar-refractivity contribution in [1.29, 1.82) is 0 Å². The van der Waals surface area contributed by atoms with Crippen LogP contribution in [0.25, 0.3) is 10.7 Å². The largest absolute Gasteiger partial charge is 0.239 e. The van der Waals surface area contributed by atoms with Gasteiger partial charge in [0.05, 0.1) is 11.9 Å². The second kappa shape index (κ2) is 6.50. The highest BCUT2D eigenvalue weighted by Gasteiger charge is 2.28. The van der Waals surface area contributed by atoms with Crippen LogP contribution in [0.15, 0.2) is 6.07 Å². The van der Waals surface area contributed by atoms with Gasteiger partial charge < -0.3 is 0 Å². The van der Waals surface area contributed by atoms with Gasteiger partial charge in [0.25, 0.3) is 0 Å². The molecule has 0 bridgehead atoms. The molecule has 3 rings (SSSR count). The predicted octanol–water partition coefficient (Wildman–Crippen LogP) is 2.66. The first-order chi connectivity index (χ1) is 11.2. The zero-order valence-electron chi connectivity index (χ0n) is 14.4. The van der Waals surface area contributed by atoms with Crippen molar-refractivity contribution in [3.63, 3.8) is 0 Å². The number of sulfonamides is 1. The van der Waals surface area contributed by atoms with Gasteiger partial charge in [0.15, 0.2) is 0 Å². The number of thiazole rings is 1. The van der Waals surface area contributed by atoms with Crippen LogP contribution in [0.4, 0.5) is 0 Å². The van der Waals surface area contributed by atoms with Gasteiger partial charge in [-0.1, -0.05) is 0 Å². The van der Waals surface area contributed by atoms with Crippen molar-refractivity contribution in [3.8, 4) is 10.7 Å². The monoisotopic (exact) mass is 366 g/mol. The Balaban J connectivity index is 1.94. The highest BCUT2D eigenvalue weighted by molar-refractivity contribution is 7.88. The first kappa shape index (κ1) is 17.4. The van der Waals surface area contributed by atoms with Crippen LogP contribution in [0.1, 0.15) is 40.8 Å². The van der Waals surface area contributed by atoms with Crippen LogP contribution in [0, 0.1) is 20.8 Å². The third-order valence-electron chi connectivity index (χ3n) is 4.38. The van der Waals surface area contributed by atoms with Crippen LogP contribution in [0.2, 0.25) is 0 Å². The van der Waals surface area contributed by atoms with Crippen LogP contribution in [-0.2, 0) is 10.0 Å². The molecule has 24 heavy (non-hydrogen) atoms. The lowest BCUT2D eigenvalue weighted by molar-refractivity contribution is 0.314. The SMILES string of the molecule is Cc1nc(-c2nc(C)c(C)s2)cc([C@H]2CCCN(S(C)(=O)=O)C2)n1. The van der Waals surface area contributed by atoms with Crippen molar-refractivity contribution in [2.45, 2.75) is 39.5 Å². The number of piperidine rings is 1. The molecule has 1 atom stereocenters. The molecule has 6 nitrogen and oxygen atoms in total. The summed E-state index contributed by atoms with van der Waals surface area (Å²) < 4.78 is 25.2. The third-order valence-corrected chi connectivity index (χ3v) is 6.74. The van der Waals surface area contributed by atoms with E-state index in [0.717, 1.165) is 34.9 Å². The molecular weight excluding hydrogens is 344 g/mol. The van der Waals surface area contributed by atoms with Gasteiger partial charge in [0.2, 0.25) is 10.0 Å². The van der Waals surface area contributed by atoms with Gasteiger partial charge in [-0.15, -0.1) is 11.3 Å². The lowest BCUT2D eigenvalue weighted by Gasteiger charge is -2.30. The molecule has 0 aromatic carbocycles. The van der Waals surface area contributed by atoms with E-state index >= 15 is 0 Å². The van der Waals surface area contributed by atoms with Crippen LogP contribution in [0.5, 0.6) is 0 Å². The van der Waals surface area contributed by atoms with E-state index < -0.39 is 10.0 Å². The second-order valence-corrected chi connectivity index (χ2v) is 9.53. The van der Waals surface area contributed by atoms with Gasteiger partial charge in [-0.3, -0.25) is 0 Å². The predicted molar refractivity (Wildman–Crippen MR) is 95.7 cm³/mol. The summed E-state index contributed by atoms with van der Waals surface area (Å²) in [5.41, 5.74) is 2.76. The maximum Gasteiger partial charge on any atom is 0.211 e. The molecule has 2 aromatic rings. The molecule has 1 saturated heterocycles. The first-order valence-corrected chi connectivity index (χ1v) is 10.7. The Morgan fingerprint density at radius 2 is 1.96 bits per heavy atom. The topological polar surface area (TPSA) is 76.1 Å². The normalized spacial score (nSPS) is 19.6.